The summed E-state index contributed by atoms with van der Waals surface area (Å²) in [6, 6.07) is 2.86. The first-order valence-corrected chi connectivity index (χ1v) is 7.22. The monoisotopic (exact) mass is 274 g/mol. The average molecular weight is 274 g/mol. The Morgan fingerprint density at radius 3 is 3.15 bits per heavy atom. The Morgan fingerprint density at radius 1 is 1.45 bits per heavy atom. The molecule has 2 aromatic heterocycles. The summed E-state index contributed by atoms with van der Waals surface area (Å²) >= 11 is 0. The van der Waals surface area contributed by atoms with Gasteiger partial charge in [-0.1, -0.05) is 0 Å². The summed E-state index contributed by atoms with van der Waals surface area (Å²) in [5.74, 6) is 0. The maximum atomic E-state index is 5.02. The number of hydrogen-bond donors (Lipinski definition) is 1. The molecule has 0 spiro atoms. The topological polar surface area (TPSA) is 44.0 Å². The number of methoxy groups -OCH3 is 1. The molecule has 0 saturated heterocycles. The first-order valence-electron chi connectivity index (χ1n) is 7.22. The van der Waals surface area contributed by atoms with Crippen molar-refractivity contribution in [2.24, 2.45) is 0 Å². The molecule has 5 nitrogen and oxygen atoms in total. The zero-order chi connectivity index (χ0) is 13.8. The fraction of sp³-hybridized carbons (Fsp3) is 0.533. The van der Waals surface area contributed by atoms with Crippen molar-refractivity contribution in [3.63, 3.8) is 0 Å². The minimum Gasteiger partial charge on any atom is -0.383 e. The van der Waals surface area contributed by atoms with E-state index < -0.39 is 0 Å². The van der Waals surface area contributed by atoms with Crippen LogP contribution in [0.2, 0.25) is 0 Å². The van der Waals surface area contributed by atoms with Gasteiger partial charge in [0.1, 0.15) is 0 Å². The lowest BCUT2D eigenvalue weighted by atomic mass is 10.3. The van der Waals surface area contributed by atoms with Crippen LogP contribution >= 0.6 is 0 Å². The Morgan fingerprint density at radius 2 is 2.35 bits per heavy atom. The number of nitrogens with zero attached hydrogens (tertiary/aromatic N) is 3. The highest BCUT2D eigenvalue weighted by molar-refractivity contribution is 5.12. The molecule has 1 aliphatic rings. The van der Waals surface area contributed by atoms with E-state index in [1.54, 1.807) is 7.11 Å². The molecule has 20 heavy (non-hydrogen) atoms. The number of imidazole rings is 1. The van der Waals surface area contributed by atoms with Crippen LogP contribution in [0.25, 0.3) is 0 Å². The lowest BCUT2D eigenvalue weighted by Gasteiger charge is -2.07. The van der Waals surface area contributed by atoms with Gasteiger partial charge in [0.2, 0.25) is 0 Å². The van der Waals surface area contributed by atoms with Crippen LogP contribution in [0.1, 0.15) is 30.1 Å². The molecule has 2 heterocycles. The second kappa shape index (κ2) is 6.24. The molecule has 1 fully saturated rings. The Bertz CT molecular complexity index is 542. The molecule has 0 bridgehead atoms. The number of rotatable bonds is 8. The van der Waals surface area contributed by atoms with E-state index in [4.69, 9.17) is 4.74 Å². The number of ether oxygens (including phenoxy) is 1. The molecule has 0 amide bonds. The summed E-state index contributed by atoms with van der Waals surface area (Å²) in [5.41, 5.74) is 2.60. The van der Waals surface area contributed by atoms with Gasteiger partial charge in [-0.3, -0.25) is 0 Å². The lowest BCUT2D eigenvalue weighted by Crippen LogP contribution is -2.18. The van der Waals surface area contributed by atoms with E-state index in [2.05, 4.69) is 37.9 Å². The van der Waals surface area contributed by atoms with Crippen LogP contribution in [0.4, 0.5) is 0 Å². The van der Waals surface area contributed by atoms with Crippen molar-refractivity contribution in [1.82, 2.24) is 19.4 Å². The minimum atomic E-state index is 0.693. The van der Waals surface area contributed by atoms with Crippen molar-refractivity contribution in [3.05, 3.63) is 42.2 Å². The van der Waals surface area contributed by atoms with Gasteiger partial charge in [-0.2, -0.15) is 0 Å². The molecule has 0 unspecified atom stereocenters. The second-order valence-corrected chi connectivity index (χ2v) is 5.39. The maximum absolute atomic E-state index is 5.02. The summed E-state index contributed by atoms with van der Waals surface area (Å²) in [6.45, 7) is 3.42. The van der Waals surface area contributed by atoms with Gasteiger partial charge in [0.25, 0.3) is 0 Å². The largest absolute Gasteiger partial charge is 0.383 e. The molecule has 5 heteroatoms. The Hall–Kier alpha value is -1.59. The Kier molecular flexibility index (Phi) is 4.18. The van der Waals surface area contributed by atoms with Gasteiger partial charge >= 0.3 is 0 Å². The van der Waals surface area contributed by atoms with Gasteiger partial charge in [-0.05, 0) is 24.5 Å². The molecule has 0 radical (unpaired) electrons. The smallest absolute Gasteiger partial charge is 0.0951 e. The average Bonchev–Trinajstić information content (AvgIpc) is 3.03. The first kappa shape index (κ1) is 13.4. The standard InChI is InChI=1S/C15H22N4O/c1-20-7-5-16-8-13-4-6-18(10-13)11-15-9-17-12-19(15)14-2-3-14/h4,6,9-10,12,14,16H,2-3,5,7-8,11H2,1H3. The van der Waals surface area contributed by atoms with Gasteiger partial charge in [-0.15, -0.1) is 0 Å². The lowest BCUT2D eigenvalue weighted by molar-refractivity contribution is 0.199. The van der Waals surface area contributed by atoms with Crippen molar-refractivity contribution in [2.75, 3.05) is 20.3 Å². The summed E-state index contributed by atoms with van der Waals surface area (Å²) in [4.78, 5) is 4.28. The zero-order valence-electron chi connectivity index (χ0n) is 12.0. The normalized spacial score (nSPS) is 14.8. The Balaban J connectivity index is 1.55. The van der Waals surface area contributed by atoms with E-state index in [1.807, 2.05) is 12.5 Å². The van der Waals surface area contributed by atoms with Crippen LogP contribution in [-0.4, -0.2) is 34.4 Å². The quantitative estimate of drug-likeness (QED) is 0.747. The molecule has 3 rings (SSSR count). The maximum Gasteiger partial charge on any atom is 0.0951 e. The molecule has 2 aromatic rings. The third kappa shape index (κ3) is 3.29. The predicted octanol–water partition coefficient (Wildman–Crippen LogP) is 1.80. The third-order valence-corrected chi connectivity index (χ3v) is 3.65. The summed E-state index contributed by atoms with van der Waals surface area (Å²) < 4.78 is 9.56. The van der Waals surface area contributed by atoms with E-state index in [0.717, 1.165) is 26.2 Å². The van der Waals surface area contributed by atoms with E-state index in [-0.39, 0.29) is 0 Å². The summed E-state index contributed by atoms with van der Waals surface area (Å²) in [7, 11) is 1.72. The highest BCUT2D eigenvalue weighted by Gasteiger charge is 2.25. The molecule has 0 aliphatic heterocycles. The highest BCUT2D eigenvalue weighted by atomic mass is 16.5. The molecule has 108 valence electrons. The van der Waals surface area contributed by atoms with Crippen molar-refractivity contribution in [1.29, 1.82) is 0 Å². The van der Waals surface area contributed by atoms with E-state index >= 15 is 0 Å². The van der Waals surface area contributed by atoms with Gasteiger partial charge in [-0.25, -0.2) is 4.98 Å². The van der Waals surface area contributed by atoms with Crippen molar-refractivity contribution < 1.29 is 4.74 Å². The predicted molar refractivity (Wildman–Crippen MR) is 77.6 cm³/mol. The zero-order valence-corrected chi connectivity index (χ0v) is 12.0. The number of nitrogens with one attached hydrogen (secondary N) is 1. The van der Waals surface area contributed by atoms with Crippen LogP contribution in [-0.2, 0) is 17.8 Å². The van der Waals surface area contributed by atoms with E-state index in [9.17, 15) is 0 Å². The van der Waals surface area contributed by atoms with Crippen LogP contribution in [0.3, 0.4) is 0 Å². The molecule has 0 aromatic carbocycles. The molecular formula is C15H22N4O. The molecule has 1 saturated carbocycles. The summed E-state index contributed by atoms with van der Waals surface area (Å²) in [6.07, 6.45) is 10.9. The number of hydrogen-bond acceptors (Lipinski definition) is 3. The minimum absolute atomic E-state index is 0.693. The van der Waals surface area contributed by atoms with Crippen LogP contribution in [0, 0.1) is 0 Å². The van der Waals surface area contributed by atoms with Gasteiger partial charge < -0.3 is 19.2 Å². The van der Waals surface area contributed by atoms with Crippen molar-refractivity contribution in [3.8, 4) is 0 Å². The SMILES string of the molecule is COCCNCc1ccn(Cc2cncn2C2CC2)c1. The highest BCUT2D eigenvalue weighted by Crippen LogP contribution is 2.35. The molecular weight excluding hydrogens is 252 g/mol. The van der Waals surface area contributed by atoms with E-state index in [0.29, 0.717) is 6.04 Å². The Labute approximate surface area is 119 Å². The molecule has 1 aliphatic carbocycles. The van der Waals surface area contributed by atoms with Crippen LogP contribution < -0.4 is 5.32 Å². The fourth-order valence-electron chi connectivity index (χ4n) is 2.42. The van der Waals surface area contributed by atoms with Crippen LogP contribution in [0.5, 0.6) is 0 Å². The van der Waals surface area contributed by atoms with Crippen LogP contribution in [0.15, 0.2) is 31.0 Å². The van der Waals surface area contributed by atoms with E-state index in [1.165, 1.54) is 24.1 Å². The van der Waals surface area contributed by atoms with Gasteiger partial charge in [0.05, 0.1) is 25.2 Å². The first-order chi connectivity index (χ1) is 9.86. The van der Waals surface area contributed by atoms with Gasteiger partial charge in [0, 0.05) is 44.8 Å². The summed E-state index contributed by atoms with van der Waals surface area (Å²) in [5, 5.41) is 3.36. The molecule has 0 atom stereocenters. The second-order valence-electron chi connectivity index (χ2n) is 5.39. The van der Waals surface area contributed by atoms with Crippen molar-refractivity contribution in [2.45, 2.75) is 32.0 Å². The van der Waals surface area contributed by atoms with Crippen molar-refractivity contribution >= 4 is 0 Å². The molecule has 1 N–H and O–H groups in total. The number of aromatic nitrogens is 3. The third-order valence-electron chi connectivity index (χ3n) is 3.65. The van der Waals surface area contributed by atoms with Gasteiger partial charge in [0.15, 0.2) is 0 Å². The fourth-order valence-corrected chi connectivity index (χ4v) is 2.42.